The molecule has 0 amide bonds. The Kier molecular flexibility index (Phi) is 3.90. The number of aryl methyl sites for hydroxylation is 2. The lowest BCUT2D eigenvalue weighted by Gasteiger charge is -2.07. The molecular formula is C14H15ClN2O2. The van der Waals surface area contributed by atoms with Gasteiger partial charge in [-0.05, 0) is 38.5 Å². The molecule has 0 aliphatic carbocycles. The molecular weight excluding hydrogens is 264 g/mol. The van der Waals surface area contributed by atoms with Crippen molar-refractivity contribution < 1.29 is 9.53 Å². The van der Waals surface area contributed by atoms with Crippen molar-refractivity contribution >= 4 is 17.6 Å². The summed E-state index contributed by atoms with van der Waals surface area (Å²) >= 11 is 6.15. The zero-order chi connectivity index (χ0) is 14.0. The first-order valence-corrected chi connectivity index (χ1v) is 6.41. The van der Waals surface area contributed by atoms with Crippen molar-refractivity contribution in [2.75, 3.05) is 6.61 Å². The Balaban J connectivity index is 2.57. The molecule has 0 radical (unpaired) electrons. The van der Waals surface area contributed by atoms with E-state index in [1.54, 1.807) is 13.8 Å². The van der Waals surface area contributed by atoms with Crippen LogP contribution in [0.4, 0.5) is 0 Å². The molecule has 5 heteroatoms. The van der Waals surface area contributed by atoms with Gasteiger partial charge < -0.3 is 4.74 Å². The Morgan fingerprint density at radius 2 is 2.16 bits per heavy atom. The van der Waals surface area contributed by atoms with Crippen LogP contribution >= 0.6 is 11.6 Å². The minimum atomic E-state index is -0.463. The van der Waals surface area contributed by atoms with Crippen LogP contribution in [0.1, 0.15) is 28.7 Å². The molecule has 0 N–H and O–H groups in total. The van der Waals surface area contributed by atoms with Crippen LogP contribution in [0.5, 0.6) is 0 Å². The Morgan fingerprint density at radius 3 is 2.79 bits per heavy atom. The summed E-state index contributed by atoms with van der Waals surface area (Å²) in [7, 11) is 0. The summed E-state index contributed by atoms with van der Waals surface area (Å²) in [5.41, 5.74) is 2.74. The summed E-state index contributed by atoms with van der Waals surface area (Å²) in [4.78, 5) is 12.0. The van der Waals surface area contributed by atoms with Crippen molar-refractivity contribution in [2.24, 2.45) is 0 Å². The molecule has 2 rings (SSSR count). The minimum Gasteiger partial charge on any atom is -0.461 e. The van der Waals surface area contributed by atoms with Crippen molar-refractivity contribution in [1.29, 1.82) is 0 Å². The number of rotatable bonds is 3. The van der Waals surface area contributed by atoms with E-state index in [4.69, 9.17) is 16.3 Å². The van der Waals surface area contributed by atoms with Gasteiger partial charge in [0.25, 0.3) is 0 Å². The van der Waals surface area contributed by atoms with Gasteiger partial charge in [-0.2, -0.15) is 5.10 Å². The van der Waals surface area contributed by atoms with Crippen LogP contribution in [0.3, 0.4) is 0 Å². The maximum atomic E-state index is 12.0. The van der Waals surface area contributed by atoms with Crippen LogP contribution in [0, 0.1) is 13.8 Å². The Bertz CT molecular complexity index is 620. The van der Waals surface area contributed by atoms with E-state index in [0.717, 1.165) is 11.3 Å². The lowest BCUT2D eigenvalue weighted by molar-refractivity contribution is 0.0516. The average molecular weight is 279 g/mol. The number of ether oxygens (including phenoxy) is 1. The van der Waals surface area contributed by atoms with Gasteiger partial charge in [-0.3, -0.25) is 0 Å². The van der Waals surface area contributed by atoms with Gasteiger partial charge >= 0.3 is 5.97 Å². The first-order chi connectivity index (χ1) is 9.04. The molecule has 2 aromatic rings. The lowest BCUT2D eigenvalue weighted by atomic mass is 10.2. The van der Waals surface area contributed by atoms with Crippen LogP contribution < -0.4 is 0 Å². The summed E-state index contributed by atoms with van der Waals surface area (Å²) in [6, 6.07) is 7.69. The molecule has 0 aliphatic heterocycles. The quantitative estimate of drug-likeness (QED) is 0.809. The Hall–Kier alpha value is -1.81. The molecule has 0 bridgehead atoms. The van der Waals surface area contributed by atoms with E-state index in [1.165, 1.54) is 4.68 Å². The van der Waals surface area contributed by atoms with Crippen LogP contribution in [-0.2, 0) is 4.74 Å². The van der Waals surface area contributed by atoms with E-state index >= 15 is 0 Å². The van der Waals surface area contributed by atoms with Crippen LogP contribution in [0.15, 0.2) is 24.3 Å². The van der Waals surface area contributed by atoms with Gasteiger partial charge in [0, 0.05) is 0 Å². The van der Waals surface area contributed by atoms with Crippen molar-refractivity contribution in [3.05, 3.63) is 46.2 Å². The SMILES string of the molecule is CCOC(=O)c1c(Cl)c(C)nn1-c1cccc(C)c1. The number of halogens is 1. The van der Waals surface area contributed by atoms with E-state index in [9.17, 15) is 4.79 Å². The molecule has 0 saturated heterocycles. The van der Waals surface area contributed by atoms with Gasteiger partial charge in [0.2, 0.25) is 0 Å². The molecule has 0 fully saturated rings. The molecule has 4 nitrogen and oxygen atoms in total. The molecule has 1 aromatic heterocycles. The summed E-state index contributed by atoms with van der Waals surface area (Å²) in [6.07, 6.45) is 0. The van der Waals surface area contributed by atoms with Crippen molar-refractivity contribution in [3.63, 3.8) is 0 Å². The smallest absolute Gasteiger partial charge is 0.358 e. The fourth-order valence-corrected chi connectivity index (χ4v) is 2.03. The first-order valence-electron chi connectivity index (χ1n) is 6.04. The number of benzene rings is 1. The summed E-state index contributed by atoms with van der Waals surface area (Å²) < 4.78 is 6.56. The lowest BCUT2D eigenvalue weighted by Crippen LogP contribution is -2.12. The number of carbonyl (C=O) groups is 1. The Morgan fingerprint density at radius 1 is 1.42 bits per heavy atom. The molecule has 100 valence electrons. The second kappa shape index (κ2) is 5.45. The van der Waals surface area contributed by atoms with Gasteiger partial charge in [0.1, 0.15) is 0 Å². The highest BCUT2D eigenvalue weighted by Crippen LogP contribution is 2.24. The van der Waals surface area contributed by atoms with Crippen LogP contribution in [0.25, 0.3) is 5.69 Å². The van der Waals surface area contributed by atoms with Crippen LogP contribution in [-0.4, -0.2) is 22.4 Å². The third kappa shape index (κ3) is 2.63. The zero-order valence-electron chi connectivity index (χ0n) is 11.1. The Labute approximate surface area is 116 Å². The molecule has 19 heavy (non-hydrogen) atoms. The average Bonchev–Trinajstić information content (AvgIpc) is 2.66. The third-order valence-electron chi connectivity index (χ3n) is 2.70. The molecule has 0 spiro atoms. The van der Waals surface area contributed by atoms with Crippen molar-refractivity contribution in [2.45, 2.75) is 20.8 Å². The molecule has 0 saturated carbocycles. The monoisotopic (exact) mass is 278 g/mol. The van der Waals surface area contributed by atoms with E-state index in [2.05, 4.69) is 5.10 Å². The first kappa shape index (κ1) is 13.6. The number of hydrogen-bond acceptors (Lipinski definition) is 3. The van der Waals surface area contributed by atoms with Gasteiger partial charge in [-0.1, -0.05) is 23.7 Å². The highest BCUT2D eigenvalue weighted by atomic mass is 35.5. The maximum Gasteiger partial charge on any atom is 0.358 e. The van der Waals surface area contributed by atoms with E-state index in [1.807, 2.05) is 31.2 Å². The van der Waals surface area contributed by atoms with Gasteiger partial charge in [-0.25, -0.2) is 9.48 Å². The summed E-state index contributed by atoms with van der Waals surface area (Å²) in [5, 5.41) is 4.64. The number of esters is 1. The number of nitrogens with zero attached hydrogens (tertiary/aromatic N) is 2. The zero-order valence-corrected chi connectivity index (χ0v) is 11.9. The third-order valence-corrected chi connectivity index (χ3v) is 3.15. The van der Waals surface area contributed by atoms with E-state index < -0.39 is 5.97 Å². The highest BCUT2D eigenvalue weighted by Gasteiger charge is 2.22. The number of aromatic nitrogens is 2. The number of hydrogen-bond donors (Lipinski definition) is 0. The minimum absolute atomic E-state index is 0.270. The normalized spacial score (nSPS) is 10.5. The molecule has 1 heterocycles. The highest BCUT2D eigenvalue weighted by molar-refractivity contribution is 6.34. The standard InChI is InChI=1S/C14H15ClN2O2/c1-4-19-14(18)13-12(15)10(3)16-17(13)11-7-5-6-9(2)8-11/h5-8H,4H2,1-3H3. The fraction of sp³-hybridized carbons (Fsp3) is 0.286. The van der Waals surface area contributed by atoms with Gasteiger partial charge in [0.15, 0.2) is 5.69 Å². The maximum absolute atomic E-state index is 12.0. The predicted molar refractivity (Wildman–Crippen MR) is 74.0 cm³/mol. The van der Waals surface area contributed by atoms with E-state index in [0.29, 0.717) is 17.3 Å². The summed E-state index contributed by atoms with van der Waals surface area (Å²) in [5.74, 6) is -0.463. The second-order valence-electron chi connectivity index (χ2n) is 4.22. The van der Waals surface area contributed by atoms with Crippen LogP contribution in [0.2, 0.25) is 5.02 Å². The fourth-order valence-electron chi connectivity index (χ4n) is 1.83. The number of carbonyl (C=O) groups excluding carboxylic acids is 1. The van der Waals surface area contributed by atoms with Gasteiger partial charge in [-0.15, -0.1) is 0 Å². The predicted octanol–water partition coefficient (Wildman–Crippen LogP) is 3.32. The molecule has 0 atom stereocenters. The van der Waals surface area contributed by atoms with Crippen molar-refractivity contribution in [1.82, 2.24) is 9.78 Å². The van der Waals surface area contributed by atoms with E-state index in [-0.39, 0.29) is 5.69 Å². The molecule has 1 aromatic carbocycles. The molecule has 0 aliphatic rings. The molecule has 0 unspecified atom stereocenters. The van der Waals surface area contributed by atoms with Crippen molar-refractivity contribution in [3.8, 4) is 5.69 Å². The summed E-state index contributed by atoms with van der Waals surface area (Å²) in [6.45, 7) is 5.79. The second-order valence-corrected chi connectivity index (χ2v) is 4.60. The largest absolute Gasteiger partial charge is 0.461 e. The topological polar surface area (TPSA) is 44.1 Å². The van der Waals surface area contributed by atoms with Gasteiger partial charge in [0.05, 0.1) is 23.0 Å².